The van der Waals surface area contributed by atoms with Crippen molar-refractivity contribution in [3.63, 3.8) is 0 Å². The van der Waals surface area contributed by atoms with Crippen molar-refractivity contribution in [3.05, 3.63) is 76.9 Å². The molecule has 0 radical (unpaired) electrons. The fourth-order valence-corrected chi connectivity index (χ4v) is 3.58. The van der Waals surface area contributed by atoms with Crippen molar-refractivity contribution in [2.24, 2.45) is 0 Å². The summed E-state index contributed by atoms with van der Waals surface area (Å²) in [6, 6.07) is 14.4. The van der Waals surface area contributed by atoms with Gasteiger partial charge in [0.05, 0.1) is 27.4 Å². The van der Waals surface area contributed by atoms with Gasteiger partial charge in [-0.3, -0.25) is 9.59 Å². The lowest BCUT2D eigenvalue weighted by molar-refractivity contribution is 0.0980. The molecule has 1 aliphatic rings. The zero-order valence-electron chi connectivity index (χ0n) is 13.9. The number of nitrogens with one attached hydrogen (secondary N) is 1. The molecule has 134 valence electrons. The van der Waals surface area contributed by atoms with E-state index in [2.05, 4.69) is 5.32 Å². The summed E-state index contributed by atoms with van der Waals surface area (Å²) in [4.78, 5) is 26.4. The number of fused-ring (bicyclic) bond motifs is 2. The minimum atomic E-state index is -0.368. The lowest BCUT2D eigenvalue weighted by Gasteiger charge is -2.23. The van der Waals surface area contributed by atoms with Gasteiger partial charge in [-0.1, -0.05) is 30.3 Å². The number of carbonyl (C=O) groups excluding carboxylic acids is 2. The van der Waals surface area contributed by atoms with Gasteiger partial charge < -0.3 is 20.7 Å². The van der Waals surface area contributed by atoms with Gasteiger partial charge in [0.2, 0.25) is 0 Å². The molecule has 5 N–H and O–H groups in total. The molecule has 7 heteroatoms. The van der Waals surface area contributed by atoms with Gasteiger partial charge in [-0.15, -0.1) is 0 Å². The Labute approximate surface area is 158 Å². The van der Waals surface area contributed by atoms with E-state index in [9.17, 15) is 19.2 Å². The van der Waals surface area contributed by atoms with Gasteiger partial charge in [-0.25, -0.2) is 0 Å². The standard InChI is InChI=1S/C20H14N2O4S/c21-18-15(27-26)9-14(22-10-4-3-5-11(23)8-10)16-17(18)20(25)13-7-2-1-6-12(13)19(16)24/h1-9,22-23,26H,21H2. The molecule has 0 bridgehead atoms. The number of benzene rings is 3. The Morgan fingerprint density at radius 1 is 0.889 bits per heavy atom. The molecule has 3 aromatic carbocycles. The van der Waals surface area contributed by atoms with E-state index >= 15 is 0 Å². The van der Waals surface area contributed by atoms with Gasteiger partial charge in [0.15, 0.2) is 11.6 Å². The van der Waals surface area contributed by atoms with Gasteiger partial charge in [0.25, 0.3) is 0 Å². The van der Waals surface area contributed by atoms with E-state index in [-0.39, 0.29) is 44.6 Å². The summed E-state index contributed by atoms with van der Waals surface area (Å²) in [6.07, 6.45) is 0. The highest BCUT2D eigenvalue weighted by Gasteiger charge is 2.34. The number of hydrogen-bond donors (Lipinski definition) is 4. The molecule has 6 nitrogen and oxygen atoms in total. The summed E-state index contributed by atoms with van der Waals surface area (Å²) in [5.74, 6) is -0.648. The predicted octanol–water partition coefficient (Wildman–Crippen LogP) is 4.06. The fraction of sp³-hybridized carbons (Fsp3) is 0. The average Bonchev–Trinajstić information content (AvgIpc) is 2.67. The van der Waals surface area contributed by atoms with Crippen LogP contribution in [-0.4, -0.2) is 21.2 Å². The smallest absolute Gasteiger partial charge is 0.196 e. The van der Waals surface area contributed by atoms with Gasteiger partial charge in [-0.05, 0) is 18.2 Å². The Morgan fingerprint density at radius 3 is 2.19 bits per heavy atom. The predicted molar refractivity (Wildman–Crippen MR) is 104 cm³/mol. The van der Waals surface area contributed by atoms with Crippen molar-refractivity contribution >= 4 is 40.7 Å². The number of rotatable bonds is 3. The van der Waals surface area contributed by atoms with Crippen molar-refractivity contribution < 1.29 is 19.2 Å². The first kappa shape index (κ1) is 17.1. The molecular weight excluding hydrogens is 364 g/mol. The molecule has 27 heavy (non-hydrogen) atoms. The van der Waals surface area contributed by atoms with Crippen LogP contribution >= 0.6 is 12.0 Å². The fourth-order valence-electron chi connectivity index (χ4n) is 3.21. The van der Waals surface area contributed by atoms with Crippen LogP contribution in [0.2, 0.25) is 0 Å². The Balaban J connectivity index is 1.96. The summed E-state index contributed by atoms with van der Waals surface area (Å²) in [7, 11) is 0. The summed E-state index contributed by atoms with van der Waals surface area (Å²) < 4.78 is 9.57. The quantitative estimate of drug-likeness (QED) is 0.314. The highest BCUT2D eigenvalue weighted by molar-refractivity contribution is 7.94. The maximum atomic E-state index is 13.1. The molecule has 0 amide bonds. The molecular formula is C20H14N2O4S. The molecule has 0 heterocycles. The number of hydrogen-bond acceptors (Lipinski definition) is 7. The Kier molecular flexibility index (Phi) is 4.10. The number of ketones is 2. The van der Waals surface area contributed by atoms with Crippen LogP contribution in [0.25, 0.3) is 0 Å². The second kappa shape index (κ2) is 6.46. The maximum absolute atomic E-state index is 13.1. The summed E-state index contributed by atoms with van der Waals surface area (Å²) in [6.45, 7) is 0. The van der Waals surface area contributed by atoms with E-state index in [1.54, 1.807) is 36.4 Å². The third-order valence-electron chi connectivity index (χ3n) is 4.42. The number of aromatic hydroxyl groups is 1. The SMILES string of the molecule is Nc1c(SO)cc(Nc2cccc(O)c2)c2c1C(=O)c1ccccc1C2=O. The van der Waals surface area contributed by atoms with E-state index in [0.29, 0.717) is 29.0 Å². The minimum Gasteiger partial charge on any atom is -0.508 e. The normalized spacial score (nSPS) is 12.5. The number of nitrogen functional groups attached to an aromatic ring is 1. The topological polar surface area (TPSA) is 113 Å². The van der Waals surface area contributed by atoms with E-state index in [0.717, 1.165) is 0 Å². The molecule has 0 saturated heterocycles. The molecule has 0 aliphatic heterocycles. The van der Waals surface area contributed by atoms with Crippen molar-refractivity contribution in [3.8, 4) is 5.75 Å². The lowest BCUT2D eigenvalue weighted by Crippen LogP contribution is -2.24. The third-order valence-corrected chi connectivity index (χ3v) is 4.96. The average molecular weight is 378 g/mol. The van der Waals surface area contributed by atoms with Crippen molar-refractivity contribution in [2.45, 2.75) is 4.90 Å². The molecule has 0 fully saturated rings. The Bertz CT molecular complexity index is 1110. The zero-order valence-corrected chi connectivity index (χ0v) is 14.7. The van der Waals surface area contributed by atoms with Crippen molar-refractivity contribution in [1.82, 2.24) is 0 Å². The van der Waals surface area contributed by atoms with Gasteiger partial charge in [-0.2, -0.15) is 0 Å². The number of phenolic OH excluding ortho intramolecular Hbond substituents is 1. The summed E-state index contributed by atoms with van der Waals surface area (Å²) in [5, 5.41) is 12.7. The number of nitrogens with two attached hydrogens (primary N) is 1. The van der Waals surface area contributed by atoms with Crippen LogP contribution in [0.5, 0.6) is 5.75 Å². The van der Waals surface area contributed by atoms with Gasteiger partial charge in [0, 0.05) is 34.9 Å². The second-order valence-corrected chi connectivity index (χ2v) is 6.68. The number of phenols is 1. The molecule has 0 saturated carbocycles. The first-order chi connectivity index (χ1) is 13.0. The molecule has 0 spiro atoms. The van der Waals surface area contributed by atoms with Gasteiger partial charge >= 0.3 is 0 Å². The largest absolute Gasteiger partial charge is 0.508 e. The maximum Gasteiger partial charge on any atom is 0.196 e. The van der Waals surface area contributed by atoms with Crippen molar-refractivity contribution in [2.75, 3.05) is 11.1 Å². The second-order valence-electron chi connectivity index (χ2n) is 6.06. The highest BCUT2D eigenvalue weighted by Crippen LogP contribution is 2.41. The van der Waals surface area contributed by atoms with Crippen LogP contribution in [-0.2, 0) is 0 Å². The molecule has 0 atom stereocenters. The van der Waals surface area contributed by atoms with Crippen LogP contribution in [0.15, 0.2) is 59.5 Å². The highest BCUT2D eigenvalue weighted by atomic mass is 32.2. The van der Waals surface area contributed by atoms with E-state index in [1.807, 2.05) is 0 Å². The molecule has 0 aromatic heterocycles. The first-order valence-corrected chi connectivity index (χ1v) is 8.81. The Hall–Kier alpha value is -3.29. The van der Waals surface area contributed by atoms with Crippen LogP contribution in [0.4, 0.5) is 17.1 Å². The van der Waals surface area contributed by atoms with Crippen LogP contribution in [0.3, 0.4) is 0 Å². The molecule has 1 aliphatic carbocycles. The van der Waals surface area contributed by atoms with E-state index < -0.39 is 0 Å². The Morgan fingerprint density at radius 2 is 1.56 bits per heavy atom. The number of carbonyl (C=O) groups is 2. The summed E-state index contributed by atoms with van der Waals surface area (Å²) >= 11 is 0.403. The van der Waals surface area contributed by atoms with Crippen LogP contribution < -0.4 is 11.1 Å². The zero-order chi connectivity index (χ0) is 19.1. The lowest BCUT2D eigenvalue weighted by atomic mass is 9.82. The molecule has 3 aromatic rings. The molecule has 4 rings (SSSR count). The van der Waals surface area contributed by atoms with Gasteiger partial charge in [0.1, 0.15) is 5.75 Å². The minimum absolute atomic E-state index is 0.0498. The van der Waals surface area contributed by atoms with E-state index in [4.69, 9.17) is 5.73 Å². The number of anilines is 3. The third kappa shape index (κ3) is 2.73. The molecule has 0 unspecified atom stereocenters. The first-order valence-electron chi connectivity index (χ1n) is 8.03. The monoisotopic (exact) mass is 378 g/mol. The van der Waals surface area contributed by atoms with Crippen LogP contribution in [0.1, 0.15) is 31.8 Å². The van der Waals surface area contributed by atoms with Crippen LogP contribution in [0, 0.1) is 0 Å². The summed E-state index contributed by atoms with van der Waals surface area (Å²) in [5.41, 5.74) is 7.81. The van der Waals surface area contributed by atoms with E-state index in [1.165, 1.54) is 18.2 Å². The van der Waals surface area contributed by atoms with Crippen molar-refractivity contribution in [1.29, 1.82) is 0 Å².